The Kier molecular flexibility index (Phi) is 3.76. The van der Waals surface area contributed by atoms with Crippen LogP contribution in [0.25, 0.3) is 0 Å². The van der Waals surface area contributed by atoms with E-state index in [-0.39, 0.29) is 11.9 Å². The van der Waals surface area contributed by atoms with E-state index in [4.69, 9.17) is 4.74 Å². The number of hydrogen-bond donors (Lipinski definition) is 0. The monoisotopic (exact) mass is 272 g/mol. The second kappa shape index (κ2) is 5.08. The highest BCUT2D eigenvalue weighted by Gasteiger charge is 2.24. The molecule has 0 bridgehead atoms. The minimum Gasteiger partial charge on any atom is -0.372 e. The largest absolute Gasteiger partial charge is 0.372 e. The summed E-state index contributed by atoms with van der Waals surface area (Å²) < 4.78 is 19.2. The van der Waals surface area contributed by atoms with Crippen LogP contribution in [0.5, 0.6) is 0 Å². The molecule has 0 N–H and O–H groups in total. The zero-order valence-electron chi connectivity index (χ0n) is 8.46. The molecule has 2 rings (SSSR count). The number of hydrogen-bond acceptors (Lipinski definition) is 1. The van der Waals surface area contributed by atoms with Crippen LogP contribution >= 0.6 is 15.9 Å². The Hall–Kier alpha value is -0.410. The van der Waals surface area contributed by atoms with E-state index in [0.29, 0.717) is 16.8 Å². The molecular weight excluding hydrogens is 259 g/mol. The first-order chi connectivity index (χ1) is 7.31. The lowest BCUT2D eigenvalue weighted by Crippen LogP contribution is -2.09. The molecule has 0 spiro atoms. The predicted octanol–water partition coefficient (Wildman–Crippen LogP) is 3.69. The average molecular weight is 273 g/mol. The minimum atomic E-state index is -0.183. The molecule has 1 aromatic rings. The molecule has 1 atom stereocenters. The Bertz CT molecular complexity index is 325. The molecule has 82 valence electrons. The maximum absolute atomic E-state index is 13.5. The Morgan fingerprint density at radius 1 is 1.40 bits per heavy atom. The first-order valence-corrected chi connectivity index (χ1v) is 6.35. The summed E-state index contributed by atoms with van der Waals surface area (Å²) in [7, 11) is 0. The van der Waals surface area contributed by atoms with Crippen LogP contribution in [0.4, 0.5) is 4.39 Å². The van der Waals surface area contributed by atoms with Gasteiger partial charge in [-0.3, -0.25) is 0 Å². The molecular formula is C12H14BrFO. The zero-order valence-corrected chi connectivity index (χ0v) is 10.0. The van der Waals surface area contributed by atoms with E-state index in [0.717, 1.165) is 6.61 Å². The van der Waals surface area contributed by atoms with Crippen molar-refractivity contribution in [2.45, 2.75) is 18.9 Å². The van der Waals surface area contributed by atoms with Crippen LogP contribution in [0.3, 0.4) is 0 Å². The van der Waals surface area contributed by atoms with Gasteiger partial charge in [-0.25, -0.2) is 4.39 Å². The average Bonchev–Trinajstić information content (AvgIpc) is 3.05. The Labute approximate surface area is 97.8 Å². The van der Waals surface area contributed by atoms with E-state index in [1.54, 1.807) is 12.1 Å². The van der Waals surface area contributed by atoms with E-state index >= 15 is 0 Å². The van der Waals surface area contributed by atoms with Crippen molar-refractivity contribution in [2.75, 3.05) is 11.9 Å². The third-order valence-corrected chi connectivity index (χ3v) is 3.21. The number of halogens is 2. The third kappa shape index (κ3) is 3.02. The third-order valence-electron chi connectivity index (χ3n) is 2.62. The van der Waals surface area contributed by atoms with Crippen molar-refractivity contribution >= 4 is 15.9 Å². The van der Waals surface area contributed by atoms with Crippen LogP contribution in [-0.4, -0.2) is 11.9 Å². The van der Waals surface area contributed by atoms with Crippen LogP contribution in [0, 0.1) is 11.7 Å². The predicted molar refractivity (Wildman–Crippen MR) is 61.6 cm³/mol. The lowest BCUT2D eigenvalue weighted by Gasteiger charge is -2.16. The highest BCUT2D eigenvalue weighted by Crippen LogP contribution is 2.32. The van der Waals surface area contributed by atoms with Gasteiger partial charge < -0.3 is 4.74 Å². The Morgan fingerprint density at radius 3 is 2.73 bits per heavy atom. The van der Waals surface area contributed by atoms with Gasteiger partial charge in [-0.1, -0.05) is 34.1 Å². The smallest absolute Gasteiger partial charge is 0.129 e. The molecule has 3 heteroatoms. The Morgan fingerprint density at radius 2 is 2.13 bits per heavy atom. The fourth-order valence-electron chi connectivity index (χ4n) is 1.49. The summed E-state index contributed by atoms with van der Waals surface area (Å²) in [6.07, 6.45) is 2.35. The molecule has 1 aromatic carbocycles. The second-order valence-corrected chi connectivity index (χ2v) is 4.59. The number of ether oxygens (including phenoxy) is 1. The molecule has 1 fully saturated rings. The van der Waals surface area contributed by atoms with Gasteiger partial charge in [0.1, 0.15) is 5.82 Å². The van der Waals surface area contributed by atoms with Crippen molar-refractivity contribution < 1.29 is 9.13 Å². The fourth-order valence-corrected chi connectivity index (χ4v) is 2.03. The topological polar surface area (TPSA) is 9.23 Å². The van der Waals surface area contributed by atoms with Gasteiger partial charge in [0, 0.05) is 10.9 Å². The van der Waals surface area contributed by atoms with Gasteiger partial charge in [-0.05, 0) is 24.8 Å². The van der Waals surface area contributed by atoms with Crippen LogP contribution in [0.2, 0.25) is 0 Å². The summed E-state index contributed by atoms with van der Waals surface area (Å²) in [6, 6.07) is 6.80. The molecule has 15 heavy (non-hydrogen) atoms. The van der Waals surface area contributed by atoms with Gasteiger partial charge in [-0.2, -0.15) is 0 Å². The number of benzene rings is 1. The van der Waals surface area contributed by atoms with E-state index in [2.05, 4.69) is 15.9 Å². The first kappa shape index (κ1) is 11.1. The molecule has 0 aliphatic heterocycles. The van der Waals surface area contributed by atoms with E-state index in [1.807, 2.05) is 6.07 Å². The maximum atomic E-state index is 13.5. The van der Waals surface area contributed by atoms with Gasteiger partial charge >= 0.3 is 0 Å². The van der Waals surface area contributed by atoms with Gasteiger partial charge in [0.15, 0.2) is 0 Å². The van der Waals surface area contributed by atoms with Gasteiger partial charge in [0.25, 0.3) is 0 Å². The molecule has 1 aliphatic rings. The molecule has 0 heterocycles. The molecule has 1 nitrogen and oxygen atoms in total. The van der Waals surface area contributed by atoms with Crippen molar-refractivity contribution in [1.82, 2.24) is 0 Å². The quantitative estimate of drug-likeness (QED) is 0.743. The molecule has 1 unspecified atom stereocenters. The molecule has 0 radical (unpaired) electrons. The first-order valence-electron chi connectivity index (χ1n) is 5.23. The summed E-state index contributed by atoms with van der Waals surface area (Å²) in [5.74, 6) is 0.524. The summed E-state index contributed by atoms with van der Waals surface area (Å²) in [5.41, 5.74) is 0.648. The highest BCUT2D eigenvalue weighted by atomic mass is 79.9. The van der Waals surface area contributed by atoms with Crippen LogP contribution in [0.15, 0.2) is 24.3 Å². The van der Waals surface area contributed by atoms with Gasteiger partial charge in [0.05, 0.1) is 12.7 Å². The van der Waals surface area contributed by atoms with Crippen molar-refractivity contribution in [2.24, 2.45) is 5.92 Å². The standard InChI is InChI=1S/C12H14BrFO/c13-7-12(15-8-9-5-6-9)10-3-1-2-4-11(10)14/h1-4,9,12H,5-8H2. The van der Waals surface area contributed by atoms with Crippen molar-refractivity contribution in [1.29, 1.82) is 0 Å². The van der Waals surface area contributed by atoms with Crippen LogP contribution in [0.1, 0.15) is 24.5 Å². The van der Waals surface area contributed by atoms with Gasteiger partial charge in [0.2, 0.25) is 0 Å². The summed E-state index contributed by atoms with van der Waals surface area (Å²) in [6.45, 7) is 0.755. The van der Waals surface area contributed by atoms with Crippen molar-refractivity contribution in [3.05, 3.63) is 35.6 Å². The molecule has 1 saturated carbocycles. The van der Waals surface area contributed by atoms with E-state index in [1.165, 1.54) is 18.9 Å². The lowest BCUT2D eigenvalue weighted by molar-refractivity contribution is 0.0595. The molecule has 0 aromatic heterocycles. The van der Waals surface area contributed by atoms with E-state index in [9.17, 15) is 4.39 Å². The number of alkyl halides is 1. The SMILES string of the molecule is Fc1ccccc1C(CBr)OCC1CC1. The van der Waals surface area contributed by atoms with Crippen molar-refractivity contribution in [3.8, 4) is 0 Å². The summed E-state index contributed by atoms with van der Waals surface area (Å²) in [5, 5.41) is 0.640. The lowest BCUT2D eigenvalue weighted by atomic mass is 10.1. The van der Waals surface area contributed by atoms with E-state index < -0.39 is 0 Å². The number of rotatable bonds is 5. The summed E-state index contributed by atoms with van der Waals surface area (Å²) in [4.78, 5) is 0. The molecule has 1 aliphatic carbocycles. The van der Waals surface area contributed by atoms with Crippen LogP contribution < -0.4 is 0 Å². The van der Waals surface area contributed by atoms with Crippen LogP contribution in [-0.2, 0) is 4.74 Å². The maximum Gasteiger partial charge on any atom is 0.129 e. The minimum absolute atomic E-state index is 0.160. The molecule has 0 saturated heterocycles. The fraction of sp³-hybridized carbons (Fsp3) is 0.500. The molecule has 0 amide bonds. The summed E-state index contributed by atoms with van der Waals surface area (Å²) >= 11 is 3.37. The normalized spacial score (nSPS) is 17.7. The Balaban J connectivity index is 2.00. The second-order valence-electron chi connectivity index (χ2n) is 3.94. The zero-order chi connectivity index (χ0) is 10.7. The van der Waals surface area contributed by atoms with Gasteiger partial charge in [-0.15, -0.1) is 0 Å². The highest BCUT2D eigenvalue weighted by molar-refractivity contribution is 9.09. The van der Waals surface area contributed by atoms with Crippen molar-refractivity contribution in [3.63, 3.8) is 0 Å².